The topological polar surface area (TPSA) is 30.7 Å². The second kappa shape index (κ2) is 3.70. The molecule has 0 saturated carbocycles. The molecule has 0 bridgehead atoms. The van der Waals surface area contributed by atoms with Crippen molar-refractivity contribution < 1.29 is 0 Å². The van der Waals surface area contributed by atoms with Gasteiger partial charge in [-0.3, -0.25) is 4.68 Å². The molecule has 0 amide bonds. The van der Waals surface area contributed by atoms with Crippen molar-refractivity contribution >= 4 is 0 Å². The number of hydrogen-bond acceptors (Lipinski definition) is 2. The van der Waals surface area contributed by atoms with Gasteiger partial charge >= 0.3 is 0 Å². The average molecular weight is 167 g/mol. The molecule has 0 spiro atoms. The molecule has 0 saturated heterocycles. The zero-order chi connectivity index (χ0) is 9.14. The Balaban J connectivity index is 2.77. The first-order valence-corrected chi connectivity index (χ1v) is 4.56. The summed E-state index contributed by atoms with van der Waals surface area (Å²) < 4.78 is 1.90. The van der Waals surface area contributed by atoms with Gasteiger partial charge in [-0.15, -0.1) is 0 Å². The Kier molecular flexibility index (Phi) is 2.84. The van der Waals surface area contributed by atoms with Crippen molar-refractivity contribution in [2.45, 2.75) is 46.1 Å². The lowest BCUT2D eigenvalue weighted by molar-refractivity contribution is 0.519. The van der Waals surface area contributed by atoms with Crippen LogP contribution in [0.2, 0.25) is 0 Å². The first kappa shape index (κ1) is 9.23. The quantitative estimate of drug-likeness (QED) is 0.692. The number of aromatic nitrogens is 3. The summed E-state index contributed by atoms with van der Waals surface area (Å²) in [5.74, 6) is 1.44. The first-order valence-electron chi connectivity index (χ1n) is 4.56. The lowest BCUT2D eigenvalue weighted by Crippen LogP contribution is -2.02. The SMILES string of the molecule is CCC(C)c1ncn(C(C)C)n1. The van der Waals surface area contributed by atoms with Crippen LogP contribution in [0, 0.1) is 0 Å². The van der Waals surface area contributed by atoms with Gasteiger partial charge in [0.25, 0.3) is 0 Å². The maximum absolute atomic E-state index is 4.39. The molecule has 0 aliphatic heterocycles. The third-order valence-corrected chi connectivity index (χ3v) is 2.11. The largest absolute Gasteiger partial charge is 0.250 e. The molecule has 1 unspecified atom stereocenters. The van der Waals surface area contributed by atoms with E-state index in [1.165, 1.54) is 0 Å². The van der Waals surface area contributed by atoms with E-state index in [1.54, 1.807) is 0 Å². The zero-order valence-corrected chi connectivity index (χ0v) is 8.28. The van der Waals surface area contributed by atoms with Crippen LogP contribution in [0.3, 0.4) is 0 Å². The van der Waals surface area contributed by atoms with E-state index in [9.17, 15) is 0 Å². The highest BCUT2D eigenvalue weighted by atomic mass is 15.3. The summed E-state index contributed by atoms with van der Waals surface area (Å²) in [6.07, 6.45) is 2.91. The van der Waals surface area contributed by atoms with E-state index in [-0.39, 0.29) is 0 Å². The predicted molar refractivity (Wildman–Crippen MR) is 49.1 cm³/mol. The summed E-state index contributed by atoms with van der Waals surface area (Å²) in [5, 5.41) is 4.39. The Hall–Kier alpha value is -0.860. The zero-order valence-electron chi connectivity index (χ0n) is 8.28. The highest BCUT2D eigenvalue weighted by Gasteiger charge is 2.08. The van der Waals surface area contributed by atoms with E-state index < -0.39 is 0 Å². The maximum Gasteiger partial charge on any atom is 0.153 e. The number of rotatable bonds is 3. The molecule has 3 heteroatoms. The Bertz CT molecular complexity index is 240. The van der Waals surface area contributed by atoms with Crippen LogP contribution in [-0.4, -0.2) is 14.8 Å². The molecule has 1 aromatic rings. The fraction of sp³-hybridized carbons (Fsp3) is 0.778. The van der Waals surface area contributed by atoms with Crippen molar-refractivity contribution in [3.8, 4) is 0 Å². The van der Waals surface area contributed by atoms with Crippen molar-refractivity contribution in [1.29, 1.82) is 0 Å². The lowest BCUT2D eigenvalue weighted by Gasteiger charge is -2.04. The van der Waals surface area contributed by atoms with Crippen LogP contribution in [-0.2, 0) is 0 Å². The third-order valence-electron chi connectivity index (χ3n) is 2.11. The maximum atomic E-state index is 4.39. The molecule has 0 fully saturated rings. The molecular weight excluding hydrogens is 150 g/mol. The Morgan fingerprint density at radius 3 is 2.50 bits per heavy atom. The van der Waals surface area contributed by atoms with Crippen LogP contribution in [0.5, 0.6) is 0 Å². The van der Waals surface area contributed by atoms with E-state index >= 15 is 0 Å². The fourth-order valence-electron chi connectivity index (χ4n) is 0.945. The van der Waals surface area contributed by atoms with Gasteiger partial charge in [-0.1, -0.05) is 13.8 Å². The number of hydrogen-bond donors (Lipinski definition) is 0. The van der Waals surface area contributed by atoms with Crippen LogP contribution in [0.1, 0.15) is 51.9 Å². The minimum absolute atomic E-state index is 0.412. The van der Waals surface area contributed by atoms with Gasteiger partial charge in [0.15, 0.2) is 5.82 Å². The van der Waals surface area contributed by atoms with Gasteiger partial charge in [0.1, 0.15) is 6.33 Å². The molecule has 0 aromatic carbocycles. The van der Waals surface area contributed by atoms with E-state index in [1.807, 2.05) is 11.0 Å². The van der Waals surface area contributed by atoms with E-state index in [0.29, 0.717) is 12.0 Å². The highest BCUT2D eigenvalue weighted by molar-refractivity contribution is 4.90. The van der Waals surface area contributed by atoms with Crippen molar-refractivity contribution in [1.82, 2.24) is 14.8 Å². The van der Waals surface area contributed by atoms with E-state index in [4.69, 9.17) is 0 Å². The Morgan fingerprint density at radius 1 is 1.42 bits per heavy atom. The summed E-state index contributed by atoms with van der Waals surface area (Å²) >= 11 is 0. The molecule has 1 heterocycles. The van der Waals surface area contributed by atoms with Crippen LogP contribution < -0.4 is 0 Å². The number of nitrogens with zero attached hydrogens (tertiary/aromatic N) is 3. The second-order valence-electron chi connectivity index (χ2n) is 3.49. The Labute approximate surface area is 73.8 Å². The molecule has 68 valence electrons. The van der Waals surface area contributed by atoms with Gasteiger partial charge < -0.3 is 0 Å². The van der Waals surface area contributed by atoms with Crippen molar-refractivity contribution in [3.63, 3.8) is 0 Å². The predicted octanol–water partition coefficient (Wildman–Crippen LogP) is 2.37. The summed E-state index contributed by atoms with van der Waals surface area (Å²) in [6, 6.07) is 0.412. The Morgan fingerprint density at radius 2 is 2.08 bits per heavy atom. The summed E-state index contributed by atoms with van der Waals surface area (Å²) in [4.78, 5) is 4.26. The van der Waals surface area contributed by atoms with Crippen LogP contribution in [0.25, 0.3) is 0 Å². The van der Waals surface area contributed by atoms with Crippen molar-refractivity contribution in [2.75, 3.05) is 0 Å². The molecule has 1 rings (SSSR count). The van der Waals surface area contributed by atoms with Gasteiger partial charge in [0.2, 0.25) is 0 Å². The van der Waals surface area contributed by atoms with Gasteiger partial charge in [0.05, 0.1) is 0 Å². The summed E-state index contributed by atoms with van der Waals surface area (Å²) in [5.41, 5.74) is 0. The molecular formula is C9H17N3. The molecule has 0 N–H and O–H groups in total. The molecule has 0 radical (unpaired) electrons. The normalized spacial score (nSPS) is 13.8. The lowest BCUT2D eigenvalue weighted by atomic mass is 10.1. The summed E-state index contributed by atoms with van der Waals surface area (Å²) in [6.45, 7) is 8.52. The molecule has 0 aliphatic carbocycles. The van der Waals surface area contributed by atoms with Crippen molar-refractivity contribution in [2.24, 2.45) is 0 Å². The van der Waals surface area contributed by atoms with Gasteiger partial charge in [0, 0.05) is 12.0 Å². The smallest absolute Gasteiger partial charge is 0.153 e. The summed E-state index contributed by atoms with van der Waals surface area (Å²) in [7, 11) is 0. The molecule has 3 nitrogen and oxygen atoms in total. The van der Waals surface area contributed by atoms with Crippen LogP contribution >= 0.6 is 0 Å². The van der Waals surface area contributed by atoms with Gasteiger partial charge in [-0.05, 0) is 20.3 Å². The molecule has 1 aromatic heterocycles. The average Bonchev–Trinajstić information content (AvgIpc) is 2.51. The fourth-order valence-corrected chi connectivity index (χ4v) is 0.945. The van der Waals surface area contributed by atoms with E-state index in [2.05, 4.69) is 37.8 Å². The van der Waals surface area contributed by atoms with Crippen molar-refractivity contribution in [3.05, 3.63) is 12.2 Å². The standard InChI is InChI=1S/C9H17N3/c1-5-8(4)9-10-6-12(11-9)7(2)3/h6-8H,5H2,1-4H3. The monoisotopic (exact) mass is 167 g/mol. The van der Waals surface area contributed by atoms with E-state index in [0.717, 1.165) is 12.2 Å². The highest BCUT2D eigenvalue weighted by Crippen LogP contribution is 2.14. The minimum Gasteiger partial charge on any atom is -0.250 e. The molecule has 0 aliphatic rings. The molecule has 12 heavy (non-hydrogen) atoms. The van der Waals surface area contributed by atoms with Crippen LogP contribution in [0.15, 0.2) is 6.33 Å². The van der Waals surface area contributed by atoms with Gasteiger partial charge in [-0.2, -0.15) is 5.10 Å². The minimum atomic E-state index is 0.412. The second-order valence-corrected chi connectivity index (χ2v) is 3.49. The van der Waals surface area contributed by atoms with Crippen LogP contribution in [0.4, 0.5) is 0 Å². The molecule has 1 atom stereocenters. The third kappa shape index (κ3) is 1.84. The van der Waals surface area contributed by atoms with Gasteiger partial charge in [-0.25, -0.2) is 4.98 Å². The first-order chi connectivity index (χ1) is 5.65.